The van der Waals surface area contributed by atoms with Crippen molar-refractivity contribution >= 4 is 55.2 Å². The molecule has 1 N–H and O–H groups in total. The number of hydrogen-bond donors (Lipinski definition) is 1. The highest BCUT2D eigenvalue weighted by molar-refractivity contribution is 6.22. The zero-order valence-corrected chi connectivity index (χ0v) is 32.5. The molecular formula is C56H41NO. The van der Waals surface area contributed by atoms with Crippen LogP contribution in [0.3, 0.4) is 0 Å². The Bertz CT molecular complexity index is 3240. The Morgan fingerprint density at radius 1 is 0.500 bits per heavy atom. The van der Waals surface area contributed by atoms with Crippen LogP contribution < -0.4 is 5.32 Å². The average molecular weight is 744 g/mol. The van der Waals surface area contributed by atoms with Gasteiger partial charge in [-0.3, -0.25) is 0 Å². The zero-order valence-electron chi connectivity index (χ0n) is 32.5. The van der Waals surface area contributed by atoms with Crippen molar-refractivity contribution in [3.05, 3.63) is 216 Å². The van der Waals surface area contributed by atoms with E-state index in [9.17, 15) is 0 Å². The van der Waals surface area contributed by atoms with Crippen LogP contribution in [-0.2, 0) is 5.41 Å². The minimum atomic E-state index is -0.0888. The van der Waals surface area contributed by atoms with Gasteiger partial charge in [0, 0.05) is 21.9 Å². The normalized spacial score (nSPS) is 13.7. The van der Waals surface area contributed by atoms with E-state index < -0.39 is 0 Å². The van der Waals surface area contributed by atoms with Crippen LogP contribution in [-0.4, -0.2) is 0 Å². The van der Waals surface area contributed by atoms with Gasteiger partial charge in [0.1, 0.15) is 11.2 Å². The summed E-state index contributed by atoms with van der Waals surface area (Å²) in [5, 5.41) is 11.1. The minimum Gasteiger partial charge on any atom is -0.456 e. The molecule has 1 unspecified atom stereocenters. The highest BCUT2D eigenvalue weighted by Gasteiger charge is 2.37. The van der Waals surface area contributed by atoms with Crippen LogP contribution in [0, 0.1) is 0 Å². The Kier molecular flexibility index (Phi) is 7.94. The summed E-state index contributed by atoms with van der Waals surface area (Å²) in [6, 6.07) is 67.9. The summed E-state index contributed by atoms with van der Waals surface area (Å²) >= 11 is 0. The van der Waals surface area contributed by atoms with Gasteiger partial charge in [0.25, 0.3) is 0 Å². The average Bonchev–Trinajstić information content (AvgIpc) is 3.77. The summed E-state index contributed by atoms with van der Waals surface area (Å²) < 4.78 is 6.45. The molecule has 0 radical (unpaired) electrons. The number of furan rings is 1. The number of hydrogen-bond acceptors (Lipinski definition) is 2. The minimum absolute atomic E-state index is 0.0862. The van der Waals surface area contributed by atoms with Crippen LogP contribution >= 0.6 is 0 Å². The Balaban J connectivity index is 0.993. The van der Waals surface area contributed by atoms with Crippen molar-refractivity contribution < 1.29 is 4.42 Å². The van der Waals surface area contributed by atoms with E-state index in [-0.39, 0.29) is 11.5 Å². The first kappa shape index (κ1) is 34.1. The van der Waals surface area contributed by atoms with Crippen molar-refractivity contribution in [2.24, 2.45) is 0 Å². The molecule has 11 rings (SSSR count). The molecule has 1 aliphatic rings. The predicted molar refractivity (Wildman–Crippen MR) is 245 cm³/mol. The maximum absolute atomic E-state index is 6.45. The lowest BCUT2D eigenvalue weighted by Crippen LogP contribution is -2.14. The molecule has 2 nitrogen and oxygen atoms in total. The van der Waals surface area contributed by atoms with Crippen molar-refractivity contribution in [2.75, 3.05) is 5.32 Å². The van der Waals surface area contributed by atoms with Gasteiger partial charge in [-0.25, -0.2) is 0 Å². The van der Waals surface area contributed by atoms with Crippen molar-refractivity contribution in [3.8, 4) is 33.4 Å². The van der Waals surface area contributed by atoms with Gasteiger partial charge in [-0.1, -0.05) is 166 Å². The predicted octanol–water partition coefficient (Wildman–Crippen LogP) is 15.4. The molecular weight excluding hydrogens is 703 g/mol. The molecule has 0 amide bonds. The fraction of sp³-hybridized carbons (Fsp3) is 0.0714. The summed E-state index contributed by atoms with van der Waals surface area (Å²) in [7, 11) is 0. The van der Waals surface area contributed by atoms with Crippen LogP contribution in [0.5, 0.6) is 0 Å². The van der Waals surface area contributed by atoms with Crippen molar-refractivity contribution in [2.45, 2.75) is 25.3 Å². The third kappa shape index (κ3) is 5.64. The third-order valence-corrected chi connectivity index (χ3v) is 12.3. The number of nitrogens with one attached hydrogen (secondary N) is 1. The lowest BCUT2D eigenvalue weighted by atomic mass is 9.81. The summed E-state index contributed by atoms with van der Waals surface area (Å²) in [6.45, 7) is 4.73. The summed E-state index contributed by atoms with van der Waals surface area (Å²) in [6.07, 6.45) is 4.56. The van der Waals surface area contributed by atoms with Gasteiger partial charge >= 0.3 is 0 Å². The van der Waals surface area contributed by atoms with Crippen molar-refractivity contribution in [3.63, 3.8) is 0 Å². The Hall–Kier alpha value is -7.16. The molecule has 1 heterocycles. The quantitative estimate of drug-likeness (QED) is 0.176. The third-order valence-electron chi connectivity index (χ3n) is 12.3. The topological polar surface area (TPSA) is 25.2 Å². The molecule has 0 spiro atoms. The highest BCUT2D eigenvalue weighted by Crippen LogP contribution is 2.53. The fourth-order valence-corrected chi connectivity index (χ4v) is 9.41. The molecule has 0 saturated heterocycles. The molecule has 1 atom stereocenters. The van der Waals surface area contributed by atoms with Gasteiger partial charge in [-0.05, 0) is 126 Å². The first-order valence-electron chi connectivity index (χ1n) is 20.2. The number of benzene rings is 9. The van der Waals surface area contributed by atoms with E-state index in [4.69, 9.17) is 4.42 Å². The van der Waals surface area contributed by atoms with E-state index in [0.29, 0.717) is 0 Å². The maximum atomic E-state index is 6.45. The molecule has 9 aromatic carbocycles. The van der Waals surface area contributed by atoms with Gasteiger partial charge in [-0.2, -0.15) is 0 Å². The van der Waals surface area contributed by atoms with Gasteiger partial charge in [0.2, 0.25) is 0 Å². The fourth-order valence-electron chi connectivity index (χ4n) is 9.41. The number of fused-ring (bicyclic) bond motifs is 9. The van der Waals surface area contributed by atoms with Crippen molar-refractivity contribution in [1.29, 1.82) is 0 Å². The monoisotopic (exact) mass is 743 g/mol. The Morgan fingerprint density at radius 3 is 2.05 bits per heavy atom. The number of anilines is 1. The molecule has 2 heteroatoms. The summed E-state index contributed by atoms with van der Waals surface area (Å²) in [5.41, 5.74) is 15.4. The highest BCUT2D eigenvalue weighted by atomic mass is 16.3. The van der Waals surface area contributed by atoms with Crippen molar-refractivity contribution in [1.82, 2.24) is 0 Å². The molecule has 0 fully saturated rings. The van der Waals surface area contributed by atoms with E-state index >= 15 is 0 Å². The van der Waals surface area contributed by atoms with Gasteiger partial charge in [0.05, 0.1) is 6.04 Å². The molecule has 0 saturated carbocycles. The van der Waals surface area contributed by atoms with E-state index in [1.807, 2.05) is 0 Å². The van der Waals surface area contributed by atoms with Crippen LogP contribution in [0.1, 0.15) is 42.1 Å². The SMILES string of the molecule is CC1(C)c2cc3ccccc3cc2-c2c(-c3cccc(/C=C/C(Nc4ccccc4)c4cccc(-c5cccc6oc7ccc8ccccc8c7c56)c4)c3)cccc21. The standard InChI is InChI=1S/C56H41NO/c1-56(2)48-26-12-24-45(53(48)47-34-38-16-6-7-17-39(38)35-49(47)56)40-18-10-14-36(32-40)28-30-50(57-43-21-4-3-5-22-43)42-20-11-19-41(33-42)46-25-13-27-51-55(46)54-44-23-9-8-15-37(44)29-31-52(54)58-51/h3-35,50,57H,1-2H3/b30-28+. The molecule has 1 aromatic heterocycles. The first-order valence-corrected chi connectivity index (χ1v) is 20.2. The lowest BCUT2D eigenvalue weighted by Gasteiger charge is -2.22. The molecule has 276 valence electrons. The lowest BCUT2D eigenvalue weighted by molar-refractivity contribution is 0.661. The molecule has 1 aliphatic carbocycles. The molecule has 58 heavy (non-hydrogen) atoms. The van der Waals surface area contributed by atoms with E-state index in [1.165, 1.54) is 60.5 Å². The van der Waals surface area contributed by atoms with Crippen LogP contribution in [0.4, 0.5) is 5.69 Å². The van der Waals surface area contributed by atoms with E-state index in [0.717, 1.165) is 44.3 Å². The van der Waals surface area contributed by atoms with E-state index in [2.05, 4.69) is 219 Å². The Morgan fingerprint density at radius 2 is 1.19 bits per heavy atom. The number of rotatable bonds is 7. The zero-order chi connectivity index (χ0) is 38.8. The molecule has 10 aromatic rings. The van der Waals surface area contributed by atoms with Crippen LogP contribution in [0.25, 0.3) is 82.9 Å². The largest absolute Gasteiger partial charge is 0.456 e. The van der Waals surface area contributed by atoms with Gasteiger partial charge in [-0.15, -0.1) is 0 Å². The smallest absolute Gasteiger partial charge is 0.136 e. The van der Waals surface area contributed by atoms with E-state index in [1.54, 1.807) is 0 Å². The van der Waals surface area contributed by atoms with Gasteiger partial charge in [0.15, 0.2) is 0 Å². The molecule has 0 bridgehead atoms. The van der Waals surface area contributed by atoms with Crippen LogP contribution in [0.2, 0.25) is 0 Å². The number of para-hydroxylation sites is 1. The second kappa shape index (κ2) is 13.5. The maximum Gasteiger partial charge on any atom is 0.136 e. The second-order valence-corrected chi connectivity index (χ2v) is 16.1. The Labute approximate surface area is 338 Å². The van der Waals surface area contributed by atoms with Gasteiger partial charge < -0.3 is 9.73 Å². The molecule has 0 aliphatic heterocycles. The second-order valence-electron chi connectivity index (χ2n) is 16.1. The summed E-state index contributed by atoms with van der Waals surface area (Å²) in [5.74, 6) is 0. The van der Waals surface area contributed by atoms with Crippen LogP contribution in [0.15, 0.2) is 199 Å². The summed E-state index contributed by atoms with van der Waals surface area (Å²) in [4.78, 5) is 0. The first-order chi connectivity index (χ1) is 28.5.